The average molecular weight is 156 g/mol. The summed E-state index contributed by atoms with van der Waals surface area (Å²) in [5, 5.41) is 3.93. The molecule has 62 valence electrons. The quantitative estimate of drug-likeness (QED) is 0.620. The van der Waals surface area contributed by atoms with E-state index in [1.807, 2.05) is 6.92 Å². The van der Waals surface area contributed by atoms with Gasteiger partial charge in [0, 0.05) is 6.54 Å². The number of hydrogen-bond acceptors (Lipinski definition) is 4. The second-order valence-electron chi connectivity index (χ2n) is 2.39. The zero-order valence-corrected chi connectivity index (χ0v) is 6.47. The smallest absolute Gasteiger partial charge is 0.137 e. The van der Waals surface area contributed by atoms with E-state index in [2.05, 4.69) is 14.9 Å². The number of nitrogens with zero attached hydrogens (tertiary/aromatic N) is 3. The molecule has 0 aromatic carbocycles. The minimum Gasteiger partial charge on any atom is -0.302 e. The molecule has 11 heavy (non-hydrogen) atoms. The molecule has 2 N–H and O–H groups in total. The first-order valence-corrected chi connectivity index (χ1v) is 3.51. The molecule has 1 atom stereocenters. The van der Waals surface area contributed by atoms with Crippen molar-refractivity contribution in [2.24, 2.45) is 5.90 Å². The molecule has 0 spiro atoms. The number of nitrogens with two attached hydrogens (primary N) is 1. The maximum atomic E-state index is 4.97. The van der Waals surface area contributed by atoms with E-state index in [-0.39, 0.29) is 6.10 Å². The van der Waals surface area contributed by atoms with Crippen molar-refractivity contribution in [2.75, 3.05) is 0 Å². The Morgan fingerprint density at radius 1 is 1.73 bits per heavy atom. The summed E-state index contributed by atoms with van der Waals surface area (Å²) >= 11 is 0. The molecule has 0 saturated carbocycles. The van der Waals surface area contributed by atoms with E-state index in [0.717, 1.165) is 13.0 Å². The molecule has 1 aromatic heterocycles. The van der Waals surface area contributed by atoms with Gasteiger partial charge in [-0.15, -0.1) is 0 Å². The Hall–Kier alpha value is -0.940. The van der Waals surface area contributed by atoms with Gasteiger partial charge in [-0.05, 0) is 13.3 Å². The molecule has 0 bridgehead atoms. The Labute approximate surface area is 65.1 Å². The molecule has 0 aliphatic carbocycles. The Balaban J connectivity index is 2.23. The van der Waals surface area contributed by atoms with Gasteiger partial charge >= 0.3 is 0 Å². The predicted molar refractivity (Wildman–Crippen MR) is 39.4 cm³/mol. The molecule has 1 unspecified atom stereocenters. The Kier molecular flexibility index (Phi) is 3.00. The van der Waals surface area contributed by atoms with E-state index in [9.17, 15) is 0 Å². The molecule has 1 rings (SSSR count). The van der Waals surface area contributed by atoms with Crippen LogP contribution in [0.3, 0.4) is 0 Å². The van der Waals surface area contributed by atoms with Crippen molar-refractivity contribution in [3.63, 3.8) is 0 Å². The van der Waals surface area contributed by atoms with Crippen LogP contribution in [0.2, 0.25) is 0 Å². The second kappa shape index (κ2) is 4.05. The van der Waals surface area contributed by atoms with Crippen LogP contribution in [0, 0.1) is 0 Å². The molecule has 0 fully saturated rings. The number of aryl methyl sites for hydroxylation is 1. The van der Waals surface area contributed by atoms with Crippen LogP contribution in [-0.4, -0.2) is 20.9 Å². The monoisotopic (exact) mass is 156 g/mol. The maximum absolute atomic E-state index is 4.97. The number of aromatic nitrogens is 3. The summed E-state index contributed by atoms with van der Waals surface area (Å²) in [6.07, 6.45) is 4.09. The van der Waals surface area contributed by atoms with Crippen molar-refractivity contribution in [1.82, 2.24) is 14.8 Å². The largest absolute Gasteiger partial charge is 0.302 e. The van der Waals surface area contributed by atoms with Crippen LogP contribution in [0.1, 0.15) is 13.3 Å². The SMILES string of the molecule is CC(CCn1cncn1)ON. The van der Waals surface area contributed by atoms with Gasteiger partial charge in [-0.2, -0.15) is 5.10 Å². The zero-order chi connectivity index (χ0) is 8.10. The third kappa shape index (κ3) is 2.65. The summed E-state index contributed by atoms with van der Waals surface area (Å²) in [5.41, 5.74) is 0. The Bertz CT molecular complexity index is 186. The van der Waals surface area contributed by atoms with Gasteiger partial charge in [0.25, 0.3) is 0 Å². The topological polar surface area (TPSA) is 66.0 Å². The minimum atomic E-state index is 0.0687. The van der Waals surface area contributed by atoms with Crippen LogP contribution in [0.5, 0.6) is 0 Å². The highest BCUT2D eigenvalue weighted by atomic mass is 16.6. The lowest BCUT2D eigenvalue weighted by molar-refractivity contribution is 0.0569. The molecule has 0 saturated heterocycles. The number of rotatable bonds is 4. The first-order valence-electron chi connectivity index (χ1n) is 3.51. The third-order valence-electron chi connectivity index (χ3n) is 1.46. The standard InChI is InChI=1S/C6H12N4O/c1-6(11-7)2-3-10-5-8-4-9-10/h4-6H,2-3,7H2,1H3. The fraction of sp³-hybridized carbons (Fsp3) is 0.667. The molecule has 5 heteroatoms. The van der Waals surface area contributed by atoms with E-state index in [0.29, 0.717) is 0 Å². The zero-order valence-electron chi connectivity index (χ0n) is 6.47. The van der Waals surface area contributed by atoms with Gasteiger partial charge in [0.15, 0.2) is 0 Å². The lowest BCUT2D eigenvalue weighted by Gasteiger charge is -2.06. The highest BCUT2D eigenvalue weighted by Crippen LogP contribution is 1.95. The average Bonchev–Trinajstić information content (AvgIpc) is 2.52. The summed E-state index contributed by atoms with van der Waals surface area (Å²) in [6.45, 7) is 2.70. The molecule has 1 aromatic rings. The van der Waals surface area contributed by atoms with Crippen LogP contribution in [0.4, 0.5) is 0 Å². The van der Waals surface area contributed by atoms with E-state index >= 15 is 0 Å². The first kappa shape index (κ1) is 8.16. The summed E-state index contributed by atoms with van der Waals surface area (Å²) in [4.78, 5) is 8.39. The van der Waals surface area contributed by atoms with Gasteiger partial charge in [-0.3, -0.25) is 4.68 Å². The minimum absolute atomic E-state index is 0.0687. The van der Waals surface area contributed by atoms with Crippen molar-refractivity contribution in [3.8, 4) is 0 Å². The van der Waals surface area contributed by atoms with Gasteiger partial charge in [0.05, 0.1) is 6.10 Å². The summed E-state index contributed by atoms with van der Waals surface area (Å²) in [6, 6.07) is 0. The van der Waals surface area contributed by atoms with Gasteiger partial charge in [0.1, 0.15) is 12.7 Å². The van der Waals surface area contributed by atoms with Crippen LogP contribution >= 0.6 is 0 Å². The van der Waals surface area contributed by atoms with E-state index < -0.39 is 0 Å². The number of hydrogen-bond donors (Lipinski definition) is 1. The van der Waals surface area contributed by atoms with E-state index in [1.165, 1.54) is 6.33 Å². The first-order chi connectivity index (χ1) is 5.33. The van der Waals surface area contributed by atoms with E-state index in [4.69, 9.17) is 5.90 Å². The Morgan fingerprint density at radius 2 is 2.55 bits per heavy atom. The summed E-state index contributed by atoms with van der Waals surface area (Å²) in [7, 11) is 0. The van der Waals surface area contributed by atoms with Crippen molar-refractivity contribution in [1.29, 1.82) is 0 Å². The van der Waals surface area contributed by atoms with E-state index in [1.54, 1.807) is 11.0 Å². The normalized spacial score (nSPS) is 13.3. The fourth-order valence-corrected chi connectivity index (χ4v) is 0.730. The van der Waals surface area contributed by atoms with Gasteiger partial charge in [-0.25, -0.2) is 10.9 Å². The molecular formula is C6H12N4O. The molecule has 0 aliphatic heterocycles. The highest BCUT2D eigenvalue weighted by molar-refractivity contribution is 4.57. The van der Waals surface area contributed by atoms with Crippen molar-refractivity contribution >= 4 is 0 Å². The van der Waals surface area contributed by atoms with Gasteiger partial charge in [0.2, 0.25) is 0 Å². The summed E-state index contributed by atoms with van der Waals surface area (Å²) in [5.74, 6) is 4.97. The van der Waals surface area contributed by atoms with Crippen molar-refractivity contribution in [3.05, 3.63) is 12.7 Å². The summed E-state index contributed by atoms with van der Waals surface area (Å²) < 4.78 is 1.75. The van der Waals surface area contributed by atoms with Crippen molar-refractivity contribution in [2.45, 2.75) is 26.0 Å². The lowest BCUT2D eigenvalue weighted by atomic mass is 10.3. The third-order valence-corrected chi connectivity index (χ3v) is 1.46. The molecule has 0 amide bonds. The maximum Gasteiger partial charge on any atom is 0.137 e. The second-order valence-corrected chi connectivity index (χ2v) is 2.39. The van der Waals surface area contributed by atoms with Crippen LogP contribution in [0.15, 0.2) is 12.7 Å². The van der Waals surface area contributed by atoms with Gasteiger partial charge in [-0.1, -0.05) is 0 Å². The fourth-order valence-electron chi connectivity index (χ4n) is 0.730. The van der Waals surface area contributed by atoms with Crippen molar-refractivity contribution < 1.29 is 4.84 Å². The lowest BCUT2D eigenvalue weighted by Crippen LogP contribution is -2.15. The van der Waals surface area contributed by atoms with Crippen LogP contribution in [0.25, 0.3) is 0 Å². The molecule has 0 aliphatic rings. The highest BCUT2D eigenvalue weighted by Gasteiger charge is 1.99. The van der Waals surface area contributed by atoms with Crippen LogP contribution < -0.4 is 5.90 Å². The predicted octanol–water partition coefficient (Wildman–Crippen LogP) is -0.0530. The van der Waals surface area contributed by atoms with Crippen LogP contribution in [-0.2, 0) is 11.4 Å². The van der Waals surface area contributed by atoms with Gasteiger partial charge < -0.3 is 4.84 Å². The molecule has 0 radical (unpaired) electrons. The molecule has 5 nitrogen and oxygen atoms in total. The Morgan fingerprint density at radius 3 is 3.09 bits per heavy atom. The molecular weight excluding hydrogens is 144 g/mol. The molecule has 1 heterocycles.